The number of halogens is 2. The van der Waals surface area contributed by atoms with Crippen LogP contribution in [0.4, 0.5) is 4.39 Å². The van der Waals surface area contributed by atoms with Crippen molar-refractivity contribution in [3.8, 4) is 16.1 Å². The van der Waals surface area contributed by atoms with E-state index in [1.807, 2.05) is 41.8 Å². The van der Waals surface area contributed by atoms with E-state index in [4.69, 9.17) is 31.5 Å². The number of carboxylic acid groups (broad SMARTS) is 1. The molecule has 0 spiro atoms. The molecule has 11 rings (SSSR count). The Labute approximate surface area is 467 Å². The maximum Gasteiger partial charge on any atom is 0.322 e. The summed E-state index contributed by atoms with van der Waals surface area (Å²) in [6, 6.07) is 14.7. The summed E-state index contributed by atoms with van der Waals surface area (Å²) in [6.07, 6.45) is 3.21. The van der Waals surface area contributed by atoms with E-state index in [9.17, 15) is 28.8 Å². The molecule has 3 saturated heterocycles. The highest BCUT2D eigenvalue weighted by Crippen LogP contribution is 2.42. The second kappa shape index (κ2) is 22.3. The fraction of sp³-hybridized carbons (Fsp3) is 0.411. The maximum atomic E-state index is 16.1. The summed E-state index contributed by atoms with van der Waals surface area (Å²) in [5.41, 5.74) is 6.43. The zero-order chi connectivity index (χ0) is 56.1. The highest BCUT2D eigenvalue weighted by atomic mass is 35.5. The van der Waals surface area contributed by atoms with Crippen LogP contribution in [0.5, 0.6) is 0 Å². The predicted octanol–water partition coefficient (Wildman–Crippen LogP) is 5.56. The van der Waals surface area contributed by atoms with Crippen LogP contribution in [0.15, 0.2) is 65.8 Å². The van der Waals surface area contributed by atoms with Crippen LogP contribution in [0.25, 0.3) is 37.9 Å². The van der Waals surface area contributed by atoms with Crippen molar-refractivity contribution in [1.29, 1.82) is 0 Å². The molecule has 24 heteroatoms. The van der Waals surface area contributed by atoms with Crippen LogP contribution in [-0.4, -0.2) is 160 Å². The second-order valence-electron chi connectivity index (χ2n) is 20.8. The number of ether oxygens (including phenoxy) is 1. The minimum Gasteiger partial charge on any atom is -0.480 e. The molecule has 4 aliphatic heterocycles. The Hall–Kier alpha value is -7.89. The van der Waals surface area contributed by atoms with Crippen LogP contribution >= 0.6 is 22.9 Å². The number of rotatable bonds is 14. The number of likely N-dealkylation sites (tertiary alicyclic amines) is 2. The Kier molecular flexibility index (Phi) is 15.1. The minimum absolute atomic E-state index is 0.0275. The Morgan fingerprint density at radius 2 is 1.64 bits per heavy atom. The van der Waals surface area contributed by atoms with E-state index in [0.717, 1.165) is 37.8 Å². The first-order valence-corrected chi connectivity index (χ1v) is 27.9. The molecule has 4 aromatic heterocycles. The first-order chi connectivity index (χ1) is 38.5. The van der Waals surface area contributed by atoms with Crippen LogP contribution < -0.4 is 10.6 Å². The standard InChI is InChI=1S/C56H59ClFN13O8S/c1-30-31(2)80-56-50(30)52(33-10-12-36(57)13-11-33)62-41(54-64-63-32(3)71(54)56)24-48(75)69-16-6-9-43(69)55(78)68-19-20-79-37(28-68)22-47(74)67-17-14-34(15-18-67)53-51-38(39-23-44-35(21-40(39)58)25-61-66(44)4)7-5-8-42(51)70(65-53)29-46(73)59-26-45(72)60-27-49(76)77/h5,7-8,10-13,21,23,25,34,37,41,43H,6,9,14-20,22,24,26-29H2,1-4H3,(H,59,73)(H,60,72)(H,76,77)/t37?,41-,43?/m0/s1. The number of amides is 5. The molecule has 7 aromatic rings. The average molecular weight is 1130 g/mol. The van der Waals surface area contributed by atoms with Crippen molar-refractivity contribution in [1.82, 2.24) is 59.7 Å². The fourth-order valence-electron chi connectivity index (χ4n) is 11.6. The van der Waals surface area contributed by atoms with E-state index < -0.39 is 54.9 Å². The molecule has 2 unspecified atom stereocenters. The van der Waals surface area contributed by atoms with Gasteiger partial charge in [-0.15, -0.1) is 21.5 Å². The molecule has 3 fully saturated rings. The fourth-order valence-corrected chi connectivity index (χ4v) is 12.9. The first kappa shape index (κ1) is 54.1. The minimum atomic E-state index is -1.22. The monoisotopic (exact) mass is 1130 g/mol. The molecule has 0 bridgehead atoms. The van der Waals surface area contributed by atoms with Crippen molar-refractivity contribution in [3.63, 3.8) is 0 Å². The molecule has 0 saturated carbocycles. The van der Waals surface area contributed by atoms with Gasteiger partial charge in [-0.05, 0) is 87.9 Å². The number of aryl methyl sites for hydroxylation is 3. The first-order valence-electron chi connectivity index (χ1n) is 26.7. The quantitative estimate of drug-likeness (QED) is 0.121. The summed E-state index contributed by atoms with van der Waals surface area (Å²) in [4.78, 5) is 91.1. The number of aliphatic imine (C=N–C) groups is 1. The number of nitrogens with one attached hydrogen (secondary N) is 2. The molecule has 5 amide bonds. The molecule has 0 aliphatic carbocycles. The van der Waals surface area contributed by atoms with Crippen LogP contribution in [0.2, 0.25) is 5.02 Å². The average Bonchev–Trinajstić information content (AvgIpc) is 4.30. The molecule has 8 heterocycles. The van der Waals surface area contributed by atoms with Crippen molar-refractivity contribution in [2.45, 2.75) is 89.9 Å². The number of nitrogens with zero attached hydrogens (tertiary/aromatic N) is 11. The van der Waals surface area contributed by atoms with E-state index in [1.54, 1.807) is 62.2 Å². The van der Waals surface area contributed by atoms with Crippen molar-refractivity contribution in [2.75, 3.05) is 52.4 Å². The highest BCUT2D eigenvalue weighted by Gasteiger charge is 2.41. The Balaban J connectivity index is 0.760. The molecular formula is C56H59ClFN13O8S. The zero-order valence-electron chi connectivity index (χ0n) is 44.6. The topological polar surface area (TPSA) is 244 Å². The van der Waals surface area contributed by atoms with Gasteiger partial charge in [-0.2, -0.15) is 10.2 Å². The van der Waals surface area contributed by atoms with E-state index in [0.29, 0.717) is 102 Å². The molecule has 21 nitrogen and oxygen atoms in total. The van der Waals surface area contributed by atoms with Crippen LogP contribution in [-0.2, 0) is 47.1 Å². The van der Waals surface area contributed by atoms with Gasteiger partial charge in [0.15, 0.2) is 5.82 Å². The number of morpholine rings is 1. The molecule has 3 N–H and O–H groups in total. The molecular weight excluding hydrogens is 1070 g/mol. The highest BCUT2D eigenvalue weighted by molar-refractivity contribution is 7.15. The Morgan fingerprint density at radius 1 is 0.863 bits per heavy atom. The number of carbonyl (C=O) groups is 6. The third-order valence-corrected chi connectivity index (χ3v) is 17.2. The molecule has 80 heavy (non-hydrogen) atoms. The number of hydrogen-bond donors (Lipinski definition) is 3. The summed E-state index contributed by atoms with van der Waals surface area (Å²) in [5.74, 6) is -2.38. The van der Waals surface area contributed by atoms with Crippen molar-refractivity contribution in [2.24, 2.45) is 12.0 Å². The van der Waals surface area contributed by atoms with Crippen molar-refractivity contribution in [3.05, 3.63) is 111 Å². The summed E-state index contributed by atoms with van der Waals surface area (Å²) in [5, 5.41) is 34.8. The van der Waals surface area contributed by atoms with E-state index >= 15 is 4.39 Å². The molecule has 3 aromatic carbocycles. The van der Waals surface area contributed by atoms with Crippen LogP contribution in [0.1, 0.15) is 89.4 Å². The maximum absolute atomic E-state index is 16.1. The third kappa shape index (κ3) is 10.6. The van der Waals surface area contributed by atoms with E-state index in [-0.39, 0.29) is 56.2 Å². The summed E-state index contributed by atoms with van der Waals surface area (Å²) >= 11 is 7.95. The number of carboxylic acids is 1. The molecule has 416 valence electrons. The van der Waals surface area contributed by atoms with Gasteiger partial charge >= 0.3 is 5.97 Å². The van der Waals surface area contributed by atoms with E-state index in [2.05, 4.69) is 39.8 Å². The van der Waals surface area contributed by atoms with Gasteiger partial charge in [0.2, 0.25) is 29.5 Å². The van der Waals surface area contributed by atoms with Gasteiger partial charge in [0, 0.05) is 83.1 Å². The summed E-state index contributed by atoms with van der Waals surface area (Å²) in [7, 11) is 1.78. The van der Waals surface area contributed by atoms with Gasteiger partial charge < -0.3 is 35.2 Å². The smallest absolute Gasteiger partial charge is 0.322 e. The Morgan fingerprint density at radius 3 is 2.41 bits per heavy atom. The van der Waals surface area contributed by atoms with Crippen molar-refractivity contribution < 1.29 is 43.0 Å². The van der Waals surface area contributed by atoms with E-state index in [1.165, 1.54) is 10.7 Å². The lowest BCUT2D eigenvalue weighted by Gasteiger charge is -2.37. The van der Waals surface area contributed by atoms with Gasteiger partial charge in [-0.3, -0.25) is 47.7 Å². The lowest BCUT2D eigenvalue weighted by Crippen LogP contribution is -2.54. The lowest BCUT2D eigenvalue weighted by molar-refractivity contribution is -0.151. The van der Waals surface area contributed by atoms with Crippen molar-refractivity contribution >= 4 is 86.0 Å². The van der Waals surface area contributed by atoms with Gasteiger partial charge in [-0.25, -0.2) is 4.39 Å². The zero-order valence-corrected chi connectivity index (χ0v) is 46.2. The van der Waals surface area contributed by atoms with Gasteiger partial charge in [0.1, 0.15) is 41.8 Å². The van der Waals surface area contributed by atoms with Gasteiger partial charge in [-0.1, -0.05) is 35.9 Å². The summed E-state index contributed by atoms with van der Waals surface area (Å²) < 4.78 is 27.4. The molecule has 4 aliphatic rings. The number of fused-ring (bicyclic) bond motifs is 5. The van der Waals surface area contributed by atoms with Gasteiger partial charge in [0.25, 0.3) is 0 Å². The number of aromatic nitrogens is 7. The number of hydrogen-bond acceptors (Lipinski definition) is 13. The number of aliphatic carboxylic acids is 1. The largest absolute Gasteiger partial charge is 0.480 e. The normalized spacial score (nSPS) is 18.5. The number of carbonyl (C=O) groups excluding carboxylic acids is 5. The third-order valence-electron chi connectivity index (χ3n) is 15.8. The van der Waals surface area contributed by atoms with Crippen LogP contribution in [0, 0.1) is 26.6 Å². The molecule has 3 atom stereocenters. The molecule has 0 radical (unpaired) electrons. The van der Waals surface area contributed by atoms with Crippen LogP contribution in [0.3, 0.4) is 0 Å². The second-order valence-corrected chi connectivity index (χ2v) is 22.5. The number of thiophene rings is 1. The lowest BCUT2D eigenvalue weighted by atomic mass is 9.88. The van der Waals surface area contributed by atoms with Gasteiger partial charge in [0.05, 0.1) is 60.7 Å². The number of benzene rings is 3. The Bertz CT molecular complexity index is 3660. The summed E-state index contributed by atoms with van der Waals surface area (Å²) in [6.45, 7) is 6.63. The predicted molar refractivity (Wildman–Crippen MR) is 295 cm³/mol. The number of piperidine rings is 1. The SMILES string of the molecule is Cc1sc2c(c1C)C(c1ccc(Cl)cc1)=N[C@@H](CC(=O)N1CCCC1C(=O)N1CCOC(CC(=O)N3CCC(c4nn(CC(=O)NCC(=O)NCC(=O)O)c5cccc(-c6cc7c(cnn7C)cc6F)c45)CC3)C1)c1nnc(C)n1-2.